The molecule has 1 saturated heterocycles. The smallest absolute Gasteiger partial charge is 0.382 e. The Morgan fingerprint density at radius 3 is 2.55 bits per heavy atom. The molecule has 0 saturated carbocycles. The number of nitrogens with zero attached hydrogens (tertiary/aromatic N) is 7. The molecule has 8 nitrogen and oxygen atoms in total. The van der Waals surface area contributed by atoms with Gasteiger partial charge in [-0.25, -0.2) is 19.3 Å². The van der Waals surface area contributed by atoms with Crippen LogP contribution >= 0.6 is 0 Å². The zero-order valence-corrected chi connectivity index (χ0v) is 21.5. The number of piperidine rings is 1. The highest BCUT2D eigenvalue weighted by Crippen LogP contribution is 2.36. The number of imidazole rings is 1. The van der Waals surface area contributed by atoms with Crippen molar-refractivity contribution in [2.24, 2.45) is 0 Å². The van der Waals surface area contributed by atoms with E-state index in [4.69, 9.17) is 10.7 Å². The van der Waals surface area contributed by atoms with Crippen LogP contribution in [-0.2, 0) is 12.7 Å². The molecule has 3 heterocycles. The molecule has 12 heteroatoms. The summed E-state index contributed by atoms with van der Waals surface area (Å²) in [4.78, 5) is 17.1. The molecule has 1 aliphatic rings. The molecular formula is C26H30F4N8. The summed E-state index contributed by atoms with van der Waals surface area (Å²) in [5.74, 6) is 0.126. The maximum Gasteiger partial charge on any atom is 0.419 e. The molecule has 0 aliphatic carbocycles. The lowest BCUT2D eigenvalue weighted by Gasteiger charge is -2.33. The summed E-state index contributed by atoms with van der Waals surface area (Å²) >= 11 is 0. The third-order valence-corrected chi connectivity index (χ3v) is 7.08. The predicted octanol–water partition coefficient (Wildman–Crippen LogP) is 4.68. The number of likely N-dealkylation sites (N-methyl/N-ethyl adjacent to an activating group) is 1. The fraction of sp³-hybridized carbons (Fsp3) is 0.462. The molecule has 202 valence electrons. The second kappa shape index (κ2) is 10.9. The quantitative estimate of drug-likeness (QED) is 0.443. The molecule has 38 heavy (non-hydrogen) atoms. The van der Waals surface area contributed by atoms with E-state index in [1.165, 1.54) is 12.4 Å². The van der Waals surface area contributed by atoms with Crippen molar-refractivity contribution < 1.29 is 17.6 Å². The standard InChI is InChI=1S/C26H30F4N8/c1-16(2)36(3)10-11-38-14-22(18-4-5-21(27)20(12-18)26(28,29)30)35-24(38)17-6-8-37(9-7-17)25-19(13-31)23(32)33-15-34-25/h4-5,12,14-17H,6-11H2,1-3H3,(H2,32,33,34). The summed E-state index contributed by atoms with van der Waals surface area (Å²) in [6.07, 6.45) is -0.322. The average molecular weight is 531 g/mol. The van der Waals surface area contributed by atoms with Crippen molar-refractivity contribution in [2.45, 2.75) is 51.4 Å². The molecule has 0 radical (unpaired) electrons. The number of aromatic nitrogens is 4. The Balaban J connectivity index is 1.62. The summed E-state index contributed by atoms with van der Waals surface area (Å²) in [6.45, 7) is 6.69. The summed E-state index contributed by atoms with van der Waals surface area (Å²) < 4.78 is 55.9. The van der Waals surface area contributed by atoms with E-state index in [1.807, 2.05) is 16.5 Å². The van der Waals surface area contributed by atoms with Crippen molar-refractivity contribution in [1.29, 1.82) is 5.26 Å². The van der Waals surface area contributed by atoms with Crippen LogP contribution in [0.1, 0.15) is 49.6 Å². The first-order chi connectivity index (χ1) is 18.0. The van der Waals surface area contributed by atoms with E-state index < -0.39 is 17.6 Å². The third kappa shape index (κ3) is 5.72. The number of rotatable bonds is 7. The molecule has 0 spiro atoms. The molecule has 1 aliphatic heterocycles. The van der Waals surface area contributed by atoms with Gasteiger partial charge in [0.1, 0.15) is 35.4 Å². The van der Waals surface area contributed by atoms with E-state index in [2.05, 4.69) is 34.8 Å². The van der Waals surface area contributed by atoms with Crippen LogP contribution in [0.5, 0.6) is 0 Å². The van der Waals surface area contributed by atoms with Gasteiger partial charge in [0, 0.05) is 49.9 Å². The van der Waals surface area contributed by atoms with Crippen molar-refractivity contribution in [2.75, 3.05) is 37.3 Å². The third-order valence-electron chi connectivity index (χ3n) is 7.08. The molecule has 0 atom stereocenters. The van der Waals surface area contributed by atoms with Crippen LogP contribution in [0.2, 0.25) is 0 Å². The number of hydrogen-bond donors (Lipinski definition) is 1. The fourth-order valence-corrected chi connectivity index (χ4v) is 4.59. The summed E-state index contributed by atoms with van der Waals surface area (Å²) in [6, 6.07) is 5.37. The fourth-order valence-electron chi connectivity index (χ4n) is 4.59. The van der Waals surface area contributed by atoms with Crippen LogP contribution in [-0.4, -0.2) is 57.1 Å². The molecule has 3 aromatic rings. The van der Waals surface area contributed by atoms with Crippen LogP contribution in [0.3, 0.4) is 0 Å². The van der Waals surface area contributed by atoms with Gasteiger partial charge in [-0.15, -0.1) is 0 Å². The van der Waals surface area contributed by atoms with Gasteiger partial charge < -0.3 is 20.1 Å². The lowest BCUT2D eigenvalue weighted by molar-refractivity contribution is -0.139. The molecule has 2 N–H and O–H groups in total. The van der Waals surface area contributed by atoms with Gasteiger partial charge in [0.15, 0.2) is 5.82 Å². The number of benzene rings is 1. The number of hydrogen-bond acceptors (Lipinski definition) is 7. The zero-order valence-electron chi connectivity index (χ0n) is 21.5. The van der Waals surface area contributed by atoms with Crippen molar-refractivity contribution >= 4 is 11.6 Å². The van der Waals surface area contributed by atoms with Crippen molar-refractivity contribution in [3.05, 3.63) is 53.5 Å². The normalized spacial score (nSPS) is 14.9. The van der Waals surface area contributed by atoms with E-state index in [9.17, 15) is 22.8 Å². The minimum atomic E-state index is -4.80. The minimum Gasteiger partial charge on any atom is -0.382 e. The Bertz CT molecular complexity index is 1320. The topological polar surface area (TPSA) is 99.9 Å². The van der Waals surface area contributed by atoms with E-state index in [0.717, 1.165) is 24.5 Å². The molecule has 4 rings (SSSR count). The summed E-state index contributed by atoms with van der Waals surface area (Å²) in [5, 5.41) is 9.49. The summed E-state index contributed by atoms with van der Waals surface area (Å²) in [5.41, 5.74) is 5.36. The molecule has 0 unspecified atom stereocenters. The Kier molecular flexibility index (Phi) is 7.87. The van der Waals surface area contributed by atoms with Crippen LogP contribution in [0, 0.1) is 17.1 Å². The highest BCUT2D eigenvalue weighted by atomic mass is 19.4. The Morgan fingerprint density at radius 1 is 1.21 bits per heavy atom. The first kappa shape index (κ1) is 27.3. The SMILES string of the molecule is CC(C)N(C)CCn1cc(-c2ccc(F)c(C(F)(F)F)c2)nc1C1CCN(c2ncnc(N)c2C#N)CC1. The Hall–Kier alpha value is -3.72. The van der Waals surface area contributed by atoms with E-state index >= 15 is 0 Å². The van der Waals surface area contributed by atoms with Gasteiger partial charge in [-0.1, -0.05) is 0 Å². The number of anilines is 2. The molecule has 2 aromatic heterocycles. The zero-order chi connectivity index (χ0) is 27.6. The number of nitrogen functional groups attached to an aromatic ring is 1. The number of halogens is 4. The second-order valence-corrected chi connectivity index (χ2v) is 9.78. The van der Waals surface area contributed by atoms with Gasteiger partial charge in [0.05, 0.1) is 11.3 Å². The number of nitrogens with two attached hydrogens (primary N) is 1. The molecular weight excluding hydrogens is 500 g/mol. The highest BCUT2D eigenvalue weighted by molar-refractivity contribution is 5.63. The lowest BCUT2D eigenvalue weighted by Crippen LogP contribution is -2.35. The van der Waals surface area contributed by atoms with E-state index in [1.54, 1.807) is 6.20 Å². The maximum absolute atomic E-state index is 13.9. The maximum atomic E-state index is 13.9. The molecule has 0 amide bonds. The van der Waals surface area contributed by atoms with Gasteiger partial charge in [0.2, 0.25) is 0 Å². The van der Waals surface area contributed by atoms with Crippen molar-refractivity contribution in [1.82, 2.24) is 24.4 Å². The van der Waals surface area contributed by atoms with Gasteiger partial charge >= 0.3 is 6.18 Å². The number of nitriles is 1. The van der Waals surface area contributed by atoms with E-state index in [-0.39, 0.29) is 22.9 Å². The minimum absolute atomic E-state index is 0.0385. The molecule has 0 bridgehead atoms. The summed E-state index contributed by atoms with van der Waals surface area (Å²) in [7, 11) is 2.01. The van der Waals surface area contributed by atoms with Crippen LogP contribution < -0.4 is 10.6 Å². The van der Waals surface area contributed by atoms with Crippen molar-refractivity contribution in [3.63, 3.8) is 0 Å². The second-order valence-electron chi connectivity index (χ2n) is 9.78. The largest absolute Gasteiger partial charge is 0.419 e. The van der Waals surface area contributed by atoms with E-state index in [0.29, 0.717) is 50.0 Å². The van der Waals surface area contributed by atoms with Crippen molar-refractivity contribution in [3.8, 4) is 17.3 Å². The molecule has 1 aromatic carbocycles. The first-order valence-corrected chi connectivity index (χ1v) is 12.4. The molecule has 1 fully saturated rings. The average Bonchev–Trinajstić information content (AvgIpc) is 3.31. The number of alkyl halides is 3. The highest BCUT2D eigenvalue weighted by Gasteiger charge is 2.35. The van der Waals surface area contributed by atoms with Gasteiger partial charge in [0.25, 0.3) is 0 Å². The Morgan fingerprint density at radius 2 is 1.92 bits per heavy atom. The van der Waals surface area contributed by atoms with Crippen LogP contribution in [0.15, 0.2) is 30.7 Å². The van der Waals surface area contributed by atoms with Gasteiger partial charge in [-0.3, -0.25) is 0 Å². The van der Waals surface area contributed by atoms with Gasteiger partial charge in [-0.2, -0.15) is 18.4 Å². The first-order valence-electron chi connectivity index (χ1n) is 12.4. The Labute approximate surface area is 218 Å². The van der Waals surface area contributed by atoms with Gasteiger partial charge in [-0.05, 0) is 51.9 Å². The van der Waals surface area contributed by atoms with Crippen LogP contribution in [0.4, 0.5) is 29.2 Å². The van der Waals surface area contributed by atoms with Crippen LogP contribution in [0.25, 0.3) is 11.3 Å². The lowest BCUT2D eigenvalue weighted by atomic mass is 9.95. The monoisotopic (exact) mass is 530 g/mol. The predicted molar refractivity (Wildman–Crippen MR) is 136 cm³/mol.